The van der Waals surface area contributed by atoms with Crippen molar-refractivity contribution in [2.45, 2.75) is 0 Å². The topological polar surface area (TPSA) is 69.6 Å². The summed E-state index contributed by atoms with van der Waals surface area (Å²) >= 11 is 2.09. The highest BCUT2D eigenvalue weighted by Gasteiger charge is 2.16. The minimum absolute atomic E-state index is 0.182. The Morgan fingerprint density at radius 3 is 2.67 bits per heavy atom. The number of carbonyl (C=O) groups excluding carboxylic acids is 1. The molecular formula is C12H13IN2O3. The number of amides is 2. The fourth-order valence-electron chi connectivity index (χ4n) is 1.30. The maximum atomic E-state index is 11.9. The van der Waals surface area contributed by atoms with Crippen LogP contribution < -0.4 is 5.32 Å². The molecule has 0 atom stereocenters. The predicted octanol–water partition coefficient (Wildman–Crippen LogP) is 2.40. The molecule has 0 aromatic heterocycles. The van der Waals surface area contributed by atoms with E-state index in [-0.39, 0.29) is 13.1 Å². The third-order valence-electron chi connectivity index (χ3n) is 2.08. The number of nitrogens with zero attached hydrogens (tertiary/aromatic N) is 1. The highest BCUT2D eigenvalue weighted by atomic mass is 127. The van der Waals surface area contributed by atoms with Gasteiger partial charge in [-0.15, -0.1) is 6.58 Å². The number of urea groups is 1. The normalized spacial score (nSPS) is 9.61. The molecule has 5 nitrogen and oxygen atoms in total. The minimum atomic E-state index is -1.06. The van der Waals surface area contributed by atoms with E-state index in [9.17, 15) is 9.59 Å². The Balaban J connectivity index is 2.75. The van der Waals surface area contributed by atoms with Gasteiger partial charge >= 0.3 is 12.0 Å². The van der Waals surface area contributed by atoms with Crippen molar-refractivity contribution in [1.82, 2.24) is 4.90 Å². The summed E-state index contributed by atoms with van der Waals surface area (Å²) in [6.45, 7) is 3.32. The summed E-state index contributed by atoms with van der Waals surface area (Å²) in [5, 5.41) is 11.4. The molecule has 2 N–H and O–H groups in total. The number of benzene rings is 1. The Kier molecular flexibility index (Phi) is 5.63. The Morgan fingerprint density at radius 2 is 2.11 bits per heavy atom. The van der Waals surface area contributed by atoms with E-state index in [2.05, 4.69) is 34.5 Å². The molecule has 96 valence electrons. The number of carboxylic acid groups (broad SMARTS) is 1. The van der Waals surface area contributed by atoms with Crippen LogP contribution in [0.15, 0.2) is 36.9 Å². The first kappa shape index (κ1) is 14.5. The number of hydrogen-bond acceptors (Lipinski definition) is 2. The number of carboxylic acids is 1. The minimum Gasteiger partial charge on any atom is -0.480 e. The van der Waals surface area contributed by atoms with Crippen LogP contribution >= 0.6 is 22.6 Å². The zero-order chi connectivity index (χ0) is 13.5. The monoisotopic (exact) mass is 360 g/mol. The average Bonchev–Trinajstić information content (AvgIpc) is 2.31. The largest absolute Gasteiger partial charge is 0.480 e. The van der Waals surface area contributed by atoms with Crippen molar-refractivity contribution in [1.29, 1.82) is 0 Å². The van der Waals surface area contributed by atoms with Crippen LogP contribution in [0, 0.1) is 3.57 Å². The van der Waals surface area contributed by atoms with Gasteiger partial charge in [-0.1, -0.05) is 18.2 Å². The number of anilines is 1. The maximum Gasteiger partial charge on any atom is 0.323 e. The number of carbonyl (C=O) groups is 2. The molecule has 2 amide bonds. The predicted molar refractivity (Wildman–Crippen MR) is 77.6 cm³/mol. The first-order valence-corrected chi connectivity index (χ1v) is 6.25. The number of halogens is 1. The van der Waals surface area contributed by atoms with Gasteiger partial charge in [-0.05, 0) is 34.7 Å². The molecule has 1 rings (SSSR count). The van der Waals surface area contributed by atoms with Crippen LogP contribution in [0.25, 0.3) is 0 Å². The van der Waals surface area contributed by atoms with Crippen molar-refractivity contribution in [2.75, 3.05) is 18.4 Å². The third kappa shape index (κ3) is 4.36. The van der Waals surface area contributed by atoms with E-state index < -0.39 is 12.0 Å². The molecule has 0 aliphatic carbocycles. The quantitative estimate of drug-likeness (QED) is 0.626. The average molecular weight is 360 g/mol. The molecule has 0 unspecified atom stereocenters. The van der Waals surface area contributed by atoms with Gasteiger partial charge in [-0.25, -0.2) is 4.79 Å². The van der Waals surface area contributed by atoms with Crippen LogP contribution in [0.4, 0.5) is 10.5 Å². The van der Waals surface area contributed by atoms with Crippen molar-refractivity contribution >= 4 is 40.3 Å². The maximum absolute atomic E-state index is 11.9. The molecular weight excluding hydrogens is 347 g/mol. The van der Waals surface area contributed by atoms with Crippen LogP contribution in [0.3, 0.4) is 0 Å². The first-order chi connectivity index (χ1) is 8.54. The molecule has 0 fully saturated rings. The lowest BCUT2D eigenvalue weighted by atomic mass is 10.3. The number of para-hydroxylation sites is 1. The van der Waals surface area contributed by atoms with E-state index in [1.807, 2.05) is 12.1 Å². The van der Waals surface area contributed by atoms with Gasteiger partial charge in [0.15, 0.2) is 0 Å². The van der Waals surface area contributed by atoms with Crippen LogP contribution in [-0.2, 0) is 4.79 Å². The van der Waals surface area contributed by atoms with Crippen molar-refractivity contribution in [3.8, 4) is 0 Å². The van der Waals surface area contributed by atoms with Crippen LogP contribution in [0.1, 0.15) is 0 Å². The number of nitrogens with one attached hydrogen (secondary N) is 1. The summed E-state index contributed by atoms with van der Waals surface area (Å²) in [6, 6.07) is 6.81. The molecule has 18 heavy (non-hydrogen) atoms. The summed E-state index contributed by atoms with van der Waals surface area (Å²) in [5.41, 5.74) is 0.655. The summed E-state index contributed by atoms with van der Waals surface area (Å²) in [7, 11) is 0. The molecule has 0 bridgehead atoms. The molecule has 0 saturated heterocycles. The van der Waals surface area contributed by atoms with E-state index in [1.54, 1.807) is 12.1 Å². The Labute approximate surface area is 119 Å². The van der Waals surface area contributed by atoms with Gasteiger partial charge in [-0.2, -0.15) is 0 Å². The molecule has 0 radical (unpaired) electrons. The molecule has 0 spiro atoms. The number of aliphatic carboxylic acids is 1. The van der Waals surface area contributed by atoms with Gasteiger partial charge in [-0.3, -0.25) is 4.79 Å². The fourth-order valence-corrected chi connectivity index (χ4v) is 1.82. The van der Waals surface area contributed by atoms with Crippen LogP contribution in [0.2, 0.25) is 0 Å². The van der Waals surface area contributed by atoms with E-state index in [0.717, 1.165) is 3.57 Å². The lowest BCUT2D eigenvalue weighted by Crippen LogP contribution is -2.38. The highest BCUT2D eigenvalue weighted by molar-refractivity contribution is 14.1. The molecule has 0 aliphatic rings. The van der Waals surface area contributed by atoms with Gasteiger partial charge in [0.25, 0.3) is 0 Å². The van der Waals surface area contributed by atoms with E-state index >= 15 is 0 Å². The summed E-state index contributed by atoms with van der Waals surface area (Å²) in [5.74, 6) is -1.06. The van der Waals surface area contributed by atoms with Crippen molar-refractivity contribution in [2.24, 2.45) is 0 Å². The van der Waals surface area contributed by atoms with Crippen LogP contribution in [-0.4, -0.2) is 35.1 Å². The molecule has 0 heterocycles. The van der Waals surface area contributed by atoms with Gasteiger partial charge in [0.05, 0.1) is 5.69 Å². The lowest BCUT2D eigenvalue weighted by Gasteiger charge is -2.19. The Hall–Kier alpha value is -1.57. The van der Waals surface area contributed by atoms with E-state index in [4.69, 9.17) is 5.11 Å². The number of rotatable bonds is 5. The summed E-state index contributed by atoms with van der Waals surface area (Å²) in [4.78, 5) is 23.7. The first-order valence-electron chi connectivity index (χ1n) is 5.17. The molecule has 1 aromatic carbocycles. The smallest absolute Gasteiger partial charge is 0.323 e. The fraction of sp³-hybridized carbons (Fsp3) is 0.167. The molecule has 0 aliphatic heterocycles. The molecule has 1 aromatic rings. The second kappa shape index (κ2) is 7.00. The van der Waals surface area contributed by atoms with Gasteiger partial charge in [0.2, 0.25) is 0 Å². The van der Waals surface area contributed by atoms with Crippen molar-refractivity contribution in [3.63, 3.8) is 0 Å². The Bertz CT molecular complexity index is 462. The van der Waals surface area contributed by atoms with Gasteiger partial charge < -0.3 is 15.3 Å². The number of hydrogen-bond donors (Lipinski definition) is 2. The van der Waals surface area contributed by atoms with E-state index in [1.165, 1.54) is 11.0 Å². The summed E-state index contributed by atoms with van der Waals surface area (Å²) in [6.07, 6.45) is 1.48. The van der Waals surface area contributed by atoms with Gasteiger partial charge in [0.1, 0.15) is 6.54 Å². The second-order valence-corrected chi connectivity index (χ2v) is 4.64. The zero-order valence-corrected chi connectivity index (χ0v) is 11.8. The zero-order valence-electron chi connectivity index (χ0n) is 9.60. The highest BCUT2D eigenvalue weighted by Crippen LogP contribution is 2.17. The van der Waals surface area contributed by atoms with Crippen molar-refractivity contribution in [3.05, 3.63) is 40.5 Å². The summed E-state index contributed by atoms with van der Waals surface area (Å²) < 4.78 is 0.886. The molecule has 0 saturated carbocycles. The van der Waals surface area contributed by atoms with E-state index in [0.29, 0.717) is 5.69 Å². The molecule has 6 heteroatoms. The van der Waals surface area contributed by atoms with Crippen molar-refractivity contribution < 1.29 is 14.7 Å². The Morgan fingerprint density at radius 1 is 1.44 bits per heavy atom. The standard InChI is InChI=1S/C12H13IN2O3/c1-2-7-15(8-11(16)17)12(18)14-10-6-4-3-5-9(10)13/h2-6H,1,7-8H2,(H,14,18)(H,16,17). The SMILES string of the molecule is C=CCN(CC(=O)O)C(=O)Nc1ccccc1I. The van der Waals surface area contributed by atoms with Gasteiger partial charge in [0, 0.05) is 10.1 Å². The van der Waals surface area contributed by atoms with Crippen LogP contribution in [0.5, 0.6) is 0 Å². The second-order valence-electron chi connectivity index (χ2n) is 3.47. The lowest BCUT2D eigenvalue weighted by molar-refractivity contribution is -0.137. The third-order valence-corrected chi connectivity index (χ3v) is 3.02.